The first kappa shape index (κ1) is 26.4. The fourth-order valence-corrected chi connectivity index (χ4v) is 6.77. The standard InChI is InChI=1S/C26H36N6O2S2/c1-4-5-18-36(33,34)32-16-14-31(15-17-32)26-28-25(29-35-26)24(21-8-10-22(27)11-9-21)19-20-6-12-23(13-7-20)30(2)3/h6-13,24H,4-5,14-19,27H2,1-3H3. The van der Waals surface area contributed by atoms with Gasteiger partial charge in [-0.15, -0.1) is 0 Å². The number of hydrogen-bond acceptors (Lipinski definition) is 8. The second-order valence-corrected chi connectivity index (χ2v) is 12.3. The second kappa shape index (κ2) is 11.6. The van der Waals surface area contributed by atoms with E-state index < -0.39 is 10.0 Å². The van der Waals surface area contributed by atoms with E-state index in [1.54, 1.807) is 4.31 Å². The van der Waals surface area contributed by atoms with Crippen molar-refractivity contribution >= 4 is 38.1 Å². The van der Waals surface area contributed by atoms with E-state index in [9.17, 15) is 8.42 Å². The molecule has 0 radical (unpaired) electrons. The van der Waals surface area contributed by atoms with Crippen LogP contribution in [0.5, 0.6) is 0 Å². The Labute approximate surface area is 219 Å². The molecule has 1 saturated heterocycles. The van der Waals surface area contributed by atoms with E-state index in [1.807, 2.05) is 33.2 Å². The minimum absolute atomic E-state index is 0.00323. The zero-order chi connectivity index (χ0) is 25.7. The van der Waals surface area contributed by atoms with E-state index in [-0.39, 0.29) is 11.7 Å². The molecule has 1 aromatic heterocycles. The van der Waals surface area contributed by atoms with Gasteiger partial charge < -0.3 is 15.5 Å². The van der Waals surface area contributed by atoms with Crippen LogP contribution in [0.2, 0.25) is 0 Å². The fourth-order valence-electron chi connectivity index (χ4n) is 4.36. The van der Waals surface area contributed by atoms with Crippen molar-refractivity contribution in [3.05, 3.63) is 65.5 Å². The Bertz CT molecular complexity index is 1220. The molecule has 1 aliphatic rings. The first-order chi connectivity index (χ1) is 17.3. The number of rotatable bonds is 10. The molecular weight excluding hydrogens is 492 g/mol. The smallest absolute Gasteiger partial charge is 0.214 e. The lowest BCUT2D eigenvalue weighted by Crippen LogP contribution is -2.49. The SMILES string of the molecule is CCCCS(=O)(=O)N1CCN(c2nc(C(Cc3ccc(N(C)C)cc3)c3ccc(N)cc3)ns2)CC1. The maximum atomic E-state index is 12.6. The third-order valence-electron chi connectivity index (χ3n) is 6.63. The molecule has 1 fully saturated rings. The molecule has 2 aromatic carbocycles. The number of sulfonamides is 1. The van der Waals surface area contributed by atoms with Crippen molar-refractivity contribution in [1.82, 2.24) is 13.7 Å². The Hall–Kier alpha value is -2.69. The van der Waals surface area contributed by atoms with Gasteiger partial charge in [0, 0.05) is 69.1 Å². The summed E-state index contributed by atoms with van der Waals surface area (Å²) in [6, 6.07) is 16.5. The van der Waals surface area contributed by atoms with Gasteiger partial charge in [0.15, 0.2) is 5.82 Å². The van der Waals surface area contributed by atoms with Gasteiger partial charge in [0.05, 0.1) is 5.75 Å². The van der Waals surface area contributed by atoms with Crippen molar-refractivity contribution in [1.29, 1.82) is 0 Å². The number of benzene rings is 2. The summed E-state index contributed by atoms with van der Waals surface area (Å²) in [7, 11) is 0.889. The van der Waals surface area contributed by atoms with E-state index in [2.05, 4.69) is 46.2 Å². The summed E-state index contributed by atoms with van der Waals surface area (Å²) in [5.41, 5.74) is 10.2. The van der Waals surface area contributed by atoms with Gasteiger partial charge in [-0.3, -0.25) is 0 Å². The van der Waals surface area contributed by atoms with E-state index >= 15 is 0 Å². The molecule has 1 aliphatic heterocycles. The van der Waals surface area contributed by atoms with Crippen LogP contribution in [0.15, 0.2) is 48.5 Å². The third-order valence-corrected chi connectivity index (χ3v) is 9.38. The lowest BCUT2D eigenvalue weighted by Gasteiger charge is -2.33. The highest BCUT2D eigenvalue weighted by molar-refractivity contribution is 7.89. The van der Waals surface area contributed by atoms with Gasteiger partial charge >= 0.3 is 0 Å². The predicted octanol–water partition coefficient (Wildman–Crippen LogP) is 3.81. The van der Waals surface area contributed by atoms with Crippen molar-refractivity contribution in [3.8, 4) is 0 Å². The molecule has 1 unspecified atom stereocenters. The van der Waals surface area contributed by atoms with Crippen molar-refractivity contribution in [3.63, 3.8) is 0 Å². The van der Waals surface area contributed by atoms with Crippen molar-refractivity contribution in [2.75, 3.05) is 61.6 Å². The maximum Gasteiger partial charge on any atom is 0.214 e. The minimum Gasteiger partial charge on any atom is -0.399 e. The minimum atomic E-state index is -3.18. The molecule has 10 heteroatoms. The lowest BCUT2D eigenvalue weighted by molar-refractivity contribution is 0.384. The molecule has 8 nitrogen and oxygen atoms in total. The van der Waals surface area contributed by atoms with Crippen LogP contribution in [-0.2, 0) is 16.4 Å². The van der Waals surface area contributed by atoms with Crippen molar-refractivity contribution < 1.29 is 8.42 Å². The number of nitrogen functional groups attached to an aromatic ring is 1. The Balaban J connectivity index is 1.51. The van der Waals surface area contributed by atoms with Crippen LogP contribution in [-0.4, -0.2) is 68.1 Å². The van der Waals surface area contributed by atoms with Gasteiger partial charge in [0.1, 0.15) is 0 Å². The number of nitrogens with zero attached hydrogens (tertiary/aromatic N) is 5. The molecule has 3 aromatic rings. The molecule has 2 N–H and O–H groups in total. The molecule has 36 heavy (non-hydrogen) atoms. The number of hydrogen-bond donors (Lipinski definition) is 1. The van der Waals surface area contributed by atoms with Gasteiger partial charge in [-0.2, -0.15) is 8.68 Å². The summed E-state index contributed by atoms with van der Waals surface area (Å²) in [6.07, 6.45) is 2.35. The zero-order valence-corrected chi connectivity index (χ0v) is 22.9. The largest absolute Gasteiger partial charge is 0.399 e. The molecule has 1 atom stereocenters. The van der Waals surface area contributed by atoms with Crippen LogP contribution in [0.25, 0.3) is 0 Å². The molecule has 0 aliphatic carbocycles. The van der Waals surface area contributed by atoms with Crippen LogP contribution in [0.3, 0.4) is 0 Å². The Morgan fingerprint density at radius 3 is 2.31 bits per heavy atom. The molecule has 0 bridgehead atoms. The molecule has 0 saturated carbocycles. The monoisotopic (exact) mass is 528 g/mol. The normalized spacial score (nSPS) is 15.7. The molecular formula is C26H36N6O2S2. The van der Waals surface area contributed by atoms with E-state index in [0.29, 0.717) is 32.6 Å². The number of nitrogens with two attached hydrogens (primary N) is 1. The molecule has 2 heterocycles. The number of unbranched alkanes of at least 4 members (excludes halogenated alkanes) is 1. The third kappa shape index (κ3) is 6.35. The highest BCUT2D eigenvalue weighted by atomic mass is 32.2. The summed E-state index contributed by atoms with van der Waals surface area (Å²) < 4.78 is 31.5. The predicted molar refractivity (Wildman–Crippen MR) is 150 cm³/mol. The van der Waals surface area contributed by atoms with E-state index in [4.69, 9.17) is 15.1 Å². The Kier molecular flexibility index (Phi) is 8.48. The van der Waals surface area contributed by atoms with Gasteiger partial charge in [0.2, 0.25) is 15.2 Å². The van der Waals surface area contributed by atoms with Gasteiger partial charge in [0.25, 0.3) is 0 Å². The summed E-state index contributed by atoms with van der Waals surface area (Å²) in [5, 5.41) is 0.846. The van der Waals surface area contributed by atoms with Crippen LogP contribution < -0.4 is 15.5 Å². The average Bonchev–Trinajstić information content (AvgIpc) is 3.37. The van der Waals surface area contributed by atoms with Gasteiger partial charge in [-0.05, 0) is 48.2 Å². The summed E-state index contributed by atoms with van der Waals surface area (Å²) in [6.45, 7) is 4.23. The van der Waals surface area contributed by atoms with E-state index in [1.165, 1.54) is 17.1 Å². The highest BCUT2D eigenvalue weighted by Crippen LogP contribution is 2.31. The second-order valence-electron chi connectivity index (χ2n) is 9.48. The quantitative estimate of drug-likeness (QED) is 0.400. The molecule has 194 valence electrons. The Morgan fingerprint density at radius 2 is 1.69 bits per heavy atom. The summed E-state index contributed by atoms with van der Waals surface area (Å²) in [5.74, 6) is 1.01. The number of anilines is 3. The fraction of sp³-hybridized carbons (Fsp3) is 0.462. The number of piperazine rings is 1. The average molecular weight is 529 g/mol. The van der Waals surface area contributed by atoms with Crippen LogP contribution in [0.1, 0.15) is 42.6 Å². The van der Waals surface area contributed by atoms with Crippen molar-refractivity contribution in [2.24, 2.45) is 0 Å². The topological polar surface area (TPSA) is 95.7 Å². The maximum absolute atomic E-state index is 12.6. The summed E-state index contributed by atoms with van der Waals surface area (Å²) in [4.78, 5) is 9.18. The zero-order valence-electron chi connectivity index (χ0n) is 21.3. The van der Waals surface area contributed by atoms with Crippen LogP contribution in [0.4, 0.5) is 16.5 Å². The van der Waals surface area contributed by atoms with Gasteiger partial charge in [-0.25, -0.2) is 13.4 Å². The molecule has 0 amide bonds. The molecule has 0 spiro atoms. The van der Waals surface area contributed by atoms with Crippen molar-refractivity contribution in [2.45, 2.75) is 32.1 Å². The van der Waals surface area contributed by atoms with Gasteiger partial charge in [-0.1, -0.05) is 37.6 Å². The Morgan fingerprint density at radius 1 is 1.03 bits per heavy atom. The molecule has 4 rings (SSSR count). The summed E-state index contributed by atoms with van der Waals surface area (Å²) >= 11 is 1.39. The first-order valence-corrected chi connectivity index (χ1v) is 14.8. The lowest BCUT2D eigenvalue weighted by atomic mass is 9.91. The van der Waals surface area contributed by atoms with E-state index in [0.717, 1.165) is 40.7 Å². The number of aromatic nitrogens is 2. The highest BCUT2D eigenvalue weighted by Gasteiger charge is 2.29. The van der Waals surface area contributed by atoms with Crippen LogP contribution in [0, 0.1) is 0 Å². The first-order valence-electron chi connectivity index (χ1n) is 12.4. The van der Waals surface area contributed by atoms with Crippen LogP contribution >= 0.6 is 11.5 Å².